The second-order valence-corrected chi connectivity index (χ2v) is 5.78. The van der Waals surface area contributed by atoms with E-state index in [0.29, 0.717) is 23.4 Å². The molecule has 0 aromatic heterocycles. The molecule has 24 heavy (non-hydrogen) atoms. The Morgan fingerprint density at radius 1 is 1.08 bits per heavy atom. The lowest BCUT2D eigenvalue weighted by atomic mass is 10.1. The van der Waals surface area contributed by atoms with Crippen molar-refractivity contribution in [3.63, 3.8) is 0 Å². The van der Waals surface area contributed by atoms with Crippen LogP contribution in [0.1, 0.15) is 29.8 Å². The van der Waals surface area contributed by atoms with Gasteiger partial charge in [-0.3, -0.25) is 9.59 Å². The van der Waals surface area contributed by atoms with Crippen molar-refractivity contribution in [1.29, 1.82) is 0 Å². The van der Waals surface area contributed by atoms with Gasteiger partial charge in [0.15, 0.2) is 0 Å². The molecule has 0 saturated carbocycles. The number of rotatable bonds is 6. The van der Waals surface area contributed by atoms with Crippen LogP contribution in [-0.4, -0.2) is 25.0 Å². The van der Waals surface area contributed by atoms with Crippen molar-refractivity contribution in [1.82, 2.24) is 5.32 Å². The summed E-state index contributed by atoms with van der Waals surface area (Å²) in [6.07, 6.45) is 0.322. The molecule has 0 aliphatic rings. The molecule has 0 aliphatic heterocycles. The first kappa shape index (κ1) is 17.5. The lowest BCUT2D eigenvalue weighted by Gasteiger charge is -2.09. The maximum absolute atomic E-state index is 12.2. The summed E-state index contributed by atoms with van der Waals surface area (Å²) >= 11 is 0. The molecule has 0 heterocycles. The van der Waals surface area contributed by atoms with Crippen molar-refractivity contribution in [2.75, 3.05) is 12.4 Å². The molecule has 0 atom stereocenters. The molecule has 2 aromatic rings. The van der Waals surface area contributed by atoms with E-state index >= 15 is 0 Å². The molecule has 2 aromatic carbocycles. The summed E-state index contributed by atoms with van der Waals surface area (Å²) in [5.41, 5.74) is 2.10. The fourth-order valence-electron chi connectivity index (χ4n) is 2.23. The van der Waals surface area contributed by atoms with Gasteiger partial charge in [0.1, 0.15) is 5.75 Å². The van der Waals surface area contributed by atoms with Crippen LogP contribution in [0, 0.1) is 0 Å². The summed E-state index contributed by atoms with van der Waals surface area (Å²) in [5.74, 6) is 0.409. The van der Waals surface area contributed by atoms with Gasteiger partial charge in [-0.1, -0.05) is 18.2 Å². The molecule has 0 fully saturated rings. The molecule has 0 spiro atoms. The van der Waals surface area contributed by atoms with Crippen LogP contribution in [0.5, 0.6) is 5.75 Å². The molecule has 0 unspecified atom stereocenters. The lowest BCUT2D eigenvalue weighted by molar-refractivity contribution is -0.120. The molecule has 2 rings (SSSR count). The Bertz CT molecular complexity index is 709. The maximum Gasteiger partial charge on any atom is 0.255 e. The first-order chi connectivity index (χ1) is 11.5. The molecule has 126 valence electrons. The highest BCUT2D eigenvalue weighted by Crippen LogP contribution is 2.15. The van der Waals surface area contributed by atoms with Crippen LogP contribution >= 0.6 is 0 Å². The number of ether oxygens (including phenoxy) is 1. The predicted molar refractivity (Wildman–Crippen MR) is 94.4 cm³/mol. The van der Waals surface area contributed by atoms with Gasteiger partial charge in [0.05, 0.1) is 13.5 Å². The molecule has 0 aliphatic carbocycles. The number of methoxy groups -OCH3 is 1. The fourth-order valence-corrected chi connectivity index (χ4v) is 2.23. The number of anilines is 1. The minimum atomic E-state index is -0.209. The van der Waals surface area contributed by atoms with E-state index in [9.17, 15) is 9.59 Å². The van der Waals surface area contributed by atoms with Gasteiger partial charge in [-0.05, 0) is 49.7 Å². The van der Waals surface area contributed by atoms with E-state index in [1.54, 1.807) is 43.5 Å². The van der Waals surface area contributed by atoms with Crippen molar-refractivity contribution in [3.8, 4) is 5.75 Å². The smallest absolute Gasteiger partial charge is 0.255 e. The first-order valence-corrected chi connectivity index (χ1v) is 7.81. The van der Waals surface area contributed by atoms with Crippen LogP contribution in [0.15, 0.2) is 48.5 Å². The second-order valence-electron chi connectivity index (χ2n) is 5.78. The molecular weight excluding hydrogens is 304 g/mol. The van der Waals surface area contributed by atoms with Gasteiger partial charge in [0, 0.05) is 17.3 Å². The molecule has 5 nitrogen and oxygen atoms in total. The van der Waals surface area contributed by atoms with Crippen LogP contribution in [0.3, 0.4) is 0 Å². The van der Waals surface area contributed by atoms with Gasteiger partial charge >= 0.3 is 0 Å². The third-order valence-corrected chi connectivity index (χ3v) is 3.36. The van der Waals surface area contributed by atoms with Gasteiger partial charge in [-0.15, -0.1) is 0 Å². The molecule has 0 saturated heterocycles. The van der Waals surface area contributed by atoms with E-state index in [1.165, 1.54) is 0 Å². The summed E-state index contributed by atoms with van der Waals surface area (Å²) in [5, 5.41) is 5.68. The summed E-state index contributed by atoms with van der Waals surface area (Å²) in [4.78, 5) is 24.0. The number of benzene rings is 2. The zero-order valence-electron chi connectivity index (χ0n) is 14.1. The summed E-state index contributed by atoms with van der Waals surface area (Å²) in [6, 6.07) is 14.3. The topological polar surface area (TPSA) is 67.4 Å². The van der Waals surface area contributed by atoms with Crippen molar-refractivity contribution in [2.24, 2.45) is 0 Å². The zero-order chi connectivity index (χ0) is 17.5. The number of amides is 2. The SMILES string of the molecule is COc1cccc(C(=O)Nc2ccc(CC(=O)NC(C)C)cc2)c1. The second kappa shape index (κ2) is 8.15. The largest absolute Gasteiger partial charge is 0.497 e. The van der Waals surface area contributed by atoms with Crippen molar-refractivity contribution >= 4 is 17.5 Å². The van der Waals surface area contributed by atoms with Gasteiger partial charge in [0.2, 0.25) is 5.91 Å². The molecule has 2 amide bonds. The Hall–Kier alpha value is -2.82. The fraction of sp³-hybridized carbons (Fsp3) is 0.263. The van der Waals surface area contributed by atoms with Crippen molar-refractivity contribution in [2.45, 2.75) is 26.3 Å². The van der Waals surface area contributed by atoms with Gasteiger partial charge in [0.25, 0.3) is 5.91 Å². The average molecular weight is 326 g/mol. The number of carbonyl (C=O) groups excluding carboxylic acids is 2. The normalized spacial score (nSPS) is 10.3. The standard InChI is InChI=1S/C19H22N2O3/c1-13(2)20-18(22)11-14-7-9-16(10-8-14)21-19(23)15-5-4-6-17(12-15)24-3/h4-10,12-13H,11H2,1-3H3,(H,20,22)(H,21,23). The number of hydrogen-bond donors (Lipinski definition) is 2. The Balaban J connectivity index is 1.98. The Morgan fingerprint density at radius 2 is 1.79 bits per heavy atom. The van der Waals surface area contributed by atoms with Crippen LogP contribution in [0.2, 0.25) is 0 Å². The summed E-state index contributed by atoms with van der Waals surface area (Å²) in [6.45, 7) is 3.85. The number of hydrogen-bond acceptors (Lipinski definition) is 3. The Kier molecular flexibility index (Phi) is 5.95. The summed E-state index contributed by atoms with van der Waals surface area (Å²) in [7, 11) is 1.56. The number of nitrogens with one attached hydrogen (secondary N) is 2. The minimum Gasteiger partial charge on any atom is -0.497 e. The van der Waals surface area contributed by atoms with Gasteiger partial charge < -0.3 is 15.4 Å². The zero-order valence-corrected chi connectivity index (χ0v) is 14.1. The third-order valence-electron chi connectivity index (χ3n) is 3.36. The first-order valence-electron chi connectivity index (χ1n) is 7.81. The number of carbonyl (C=O) groups is 2. The lowest BCUT2D eigenvalue weighted by Crippen LogP contribution is -2.31. The summed E-state index contributed by atoms with van der Waals surface area (Å²) < 4.78 is 5.12. The van der Waals surface area contributed by atoms with E-state index in [-0.39, 0.29) is 17.9 Å². The highest BCUT2D eigenvalue weighted by atomic mass is 16.5. The van der Waals surface area contributed by atoms with E-state index in [0.717, 1.165) is 5.56 Å². The minimum absolute atomic E-state index is 0.0156. The molecule has 0 radical (unpaired) electrons. The maximum atomic E-state index is 12.2. The van der Waals surface area contributed by atoms with Crippen LogP contribution < -0.4 is 15.4 Å². The highest BCUT2D eigenvalue weighted by molar-refractivity contribution is 6.04. The van der Waals surface area contributed by atoms with E-state index < -0.39 is 0 Å². The molecule has 0 bridgehead atoms. The van der Waals surface area contributed by atoms with E-state index in [4.69, 9.17) is 4.74 Å². The molecular formula is C19H22N2O3. The van der Waals surface area contributed by atoms with Gasteiger partial charge in [-0.2, -0.15) is 0 Å². The molecule has 2 N–H and O–H groups in total. The monoisotopic (exact) mass is 326 g/mol. The molecule has 5 heteroatoms. The van der Waals surface area contributed by atoms with Crippen molar-refractivity contribution < 1.29 is 14.3 Å². The quantitative estimate of drug-likeness (QED) is 0.857. The third kappa shape index (κ3) is 5.12. The van der Waals surface area contributed by atoms with Crippen molar-refractivity contribution in [3.05, 3.63) is 59.7 Å². The van der Waals surface area contributed by atoms with Crippen LogP contribution in [0.25, 0.3) is 0 Å². The van der Waals surface area contributed by atoms with Crippen LogP contribution in [-0.2, 0) is 11.2 Å². The van der Waals surface area contributed by atoms with Gasteiger partial charge in [-0.25, -0.2) is 0 Å². The Labute approximate surface area is 142 Å². The average Bonchev–Trinajstić information content (AvgIpc) is 2.56. The Morgan fingerprint density at radius 3 is 2.42 bits per heavy atom. The van der Waals surface area contributed by atoms with Crippen LogP contribution in [0.4, 0.5) is 5.69 Å². The van der Waals surface area contributed by atoms with E-state index in [2.05, 4.69) is 10.6 Å². The highest BCUT2D eigenvalue weighted by Gasteiger charge is 2.08. The van der Waals surface area contributed by atoms with E-state index in [1.807, 2.05) is 26.0 Å². The predicted octanol–water partition coefficient (Wildman–Crippen LogP) is 3.01.